The number of ether oxygens (including phenoxy) is 1. The fourth-order valence-electron chi connectivity index (χ4n) is 5.21. The zero-order valence-corrected chi connectivity index (χ0v) is 22.6. The molecular formula is C30H30N4O3S. The van der Waals surface area contributed by atoms with Gasteiger partial charge in [0.25, 0.3) is 0 Å². The molecule has 2 atom stereocenters. The first-order chi connectivity index (χ1) is 18.3. The molecule has 0 radical (unpaired) electrons. The van der Waals surface area contributed by atoms with Gasteiger partial charge >= 0.3 is 5.97 Å². The molecule has 0 unspecified atom stereocenters. The molecule has 3 heterocycles. The smallest absolute Gasteiger partial charge is 0.337 e. The van der Waals surface area contributed by atoms with Crippen molar-refractivity contribution >= 4 is 29.0 Å². The van der Waals surface area contributed by atoms with E-state index in [1.165, 1.54) is 0 Å². The molecule has 2 aromatic heterocycles. The maximum absolute atomic E-state index is 12.0. The number of rotatable bonds is 7. The van der Waals surface area contributed by atoms with E-state index in [0.29, 0.717) is 10.8 Å². The van der Waals surface area contributed by atoms with Crippen molar-refractivity contribution in [1.82, 2.24) is 14.9 Å². The number of thiocarbonyl (C=S) groups is 1. The summed E-state index contributed by atoms with van der Waals surface area (Å²) in [4.78, 5) is 18.8. The van der Waals surface area contributed by atoms with Crippen LogP contribution in [0.4, 0.5) is 5.69 Å². The lowest BCUT2D eigenvalue weighted by atomic mass is 9.96. The van der Waals surface area contributed by atoms with E-state index >= 15 is 0 Å². The van der Waals surface area contributed by atoms with Crippen LogP contribution < -0.4 is 15.0 Å². The minimum Gasteiger partial charge on any atom is -0.491 e. The summed E-state index contributed by atoms with van der Waals surface area (Å²) >= 11 is 5.88. The van der Waals surface area contributed by atoms with Gasteiger partial charge in [-0.1, -0.05) is 18.2 Å². The summed E-state index contributed by atoms with van der Waals surface area (Å²) in [5.74, 6) is -0.168. The predicted octanol–water partition coefficient (Wildman–Crippen LogP) is 6.15. The zero-order valence-electron chi connectivity index (χ0n) is 21.8. The molecule has 38 heavy (non-hydrogen) atoms. The Labute approximate surface area is 227 Å². The predicted molar refractivity (Wildman–Crippen MR) is 152 cm³/mol. The molecule has 194 valence electrons. The van der Waals surface area contributed by atoms with E-state index in [2.05, 4.69) is 21.3 Å². The Morgan fingerprint density at radius 3 is 2.42 bits per heavy atom. The molecule has 0 aliphatic carbocycles. The van der Waals surface area contributed by atoms with Gasteiger partial charge in [0.15, 0.2) is 5.11 Å². The standard InChI is InChI=1S/C30H30N4O3S/c1-18(2)37-22-14-12-21(13-15-22)34-28(27(32-30(34)38)25-10-7-8-16-31-25)24-17-19(3)33(20(24)4)26-11-6-5-9-23(26)29(35)36/h5-18,27-28H,1-4H3,(H,32,38)(H,35,36)/t27-,28-/m0/s1. The Bertz CT molecular complexity index is 1480. The zero-order chi connectivity index (χ0) is 27.0. The number of carboxylic acids is 1. The van der Waals surface area contributed by atoms with Gasteiger partial charge in [-0.15, -0.1) is 0 Å². The van der Waals surface area contributed by atoms with Gasteiger partial charge in [-0.2, -0.15) is 0 Å². The van der Waals surface area contributed by atoms with Crippen molar-refractivity contribution in [2.45, 2.75) is 45.9 Å². The SMILES string of the molecule is Cc1cc([C@H]2[C@H](c3ccccn3)NC(=S)N2c2ccc(OC(C)C)cc2)c(C)n1-c1ccccc1C(=O)O. The second kappa shape index (κ2) is 10.3. The van der Waals surface area contributed by atoms with E-state index in [9.17, 15) is 9.90 Å². The van der Waals surface area contributed by atoms with E-state index in [0.717, 1.165) is 34.1 Å². The van der Waals surface area contributed by atoms with Crippen molar-refractivity contribution in [2.75, 3.05) is 4.90 Å². The van der Waals surface area contributed by atoms with Crippen LogP contribution in [0.5, 0.6) is 5.75 Å². The molecule has 1 aliphatic rings. The fraction of sp³-hybridized carbons (Fsp3) is 0.233. The third-order valence-corrected chi connectivity index (χ3v) is 7.06. The molecule has 2 aromatic carbocycles. The second-order valence-electron chi connectivity index (χ2n) is 9.64. The number of anilines is 1. The molecule has 1 fully saturated rings. The van der Waals surface area contributed by atoms with E-state index in [1.807, 2.05) is 86.9 Å². The third kappa shape index (κ3) is 4.63. The molecule has 1 saturated heterocycles. The number of nitrogens with one attached hydrogen (secondary N) is 1. The van der Waals surface area contributed by atoms with E-state index in [1.54, 1.807) is 18.3 Å². The lowest BCUT2D eigenvalue weighted by Gasteiger charge is -2.28. The Morgan fingerprint density at radius 1 is 1.05 bits per heavy atom. The van der Waals surface area contributed by atoms with Crippen LogP contribution in [0, 0.1) is 13.8 Å². The Kier molecular flexibility index (Phi) is 6.91. The first kappa shape index (κ1) is 25.5. The van der Waals surface area contributed by atoms with Crippen LogP contribution in [0.3, 0.4) is 0 Å². The van der Waals surface area contributed by atoms with Crippen molar-refractivity contribution in [3.63, 3.8) is 0 Å². The Balaban J connectivity index is 1.65. The Hall–Kier alpha value is -4.17. The molecule has 7 nitrogen and oxygen atoms in total. The van der Waals surface area contributed by atoms with Crippen molar-refractivity contribution in [3.05, 3.63) is 107 Å². The first-order valence-corrected chi connectivity index (χ1v) is 13.0. The number of carboxylic acid groups (broad SMARTS) is 1. The largest absolute Gasteiger partial charge is 0.491 e. The lowest BCUT2D eigenvalue weighted by Crippen LogP contribution is -2.29. The van der Waals surface area contributed by atoms with Gasteiger partial charge in [0.1, 0.15) is 5.75 Å². The van der Waals surface area contributed by atoms with Crippen LogP contribution in [-0.2, 0) is 0 Å². The summed E-state index contributed by atoms with van der Waals surface area (Å²) in [6.07, 6.45) is 1.86. The van der Waals surface area contributed by atoms with Crippen molar-refractivity contribution < 1.29 is 14.6 Å². The summed E-state index contributed by atoms with van der Waals surface area (Å²) in [7, 11) is 0. The number of benzene rings is 2. The van der Waals surface area contributed by atoms with Crippen LogP contribution in [0.25, 0.3) is 5.69 Å². The topological polar surface area (TPSA) is 79.6 Å². The first-order valence-electron chi connectivity index (χ1n) is 12.5. The number of hydrogen-bond acceptors (Lipinski definition) is 4. The summed E-state index contributed by atoms with van der Waals surface area (Å²) in [5.41, 5.74) is 5.59. The number of aromatic nitrogens is 2. The molecule has 8 heteroatoms. The summed E-state index contributed by atoms with van der Waals surface area (Å²) in [5, 5.41) is 13.9. The monoisotopic (exact) mass is 526 g/mol. The number of nitrogens with zero attached hydrogens (tertiary/aromatic N) is 3. The summed E-state index contributed by atoms with van der Waals surface area (Å²) in [6, 6.07) is 22.6. The van der Waals surface area contributed by atoms with Crippen LogP contribution in [0.15, 0.2) is 79.0 Å². The minimum atomic E-state index is -0.963. The molecule has 4 aromatic rings. The van der Waals surface area contributed by atoms with Crippen LogP contribution >= 0.6 is 12.2 Å². The average molecular weight is 527 g/mol. The highest BCUT2D eigenvalue weighted by atomic mass is 32.1. The molecule has 0 saturated carbocycles. The molecule has 2 N–H and O–H groups in total. The summed E-state index contributed by atoms with van der Waals surface area (Å²) < 4.78 is 7.86. The van der Waals surface area contributed by atoms with Crippen molar-refractivity contribution in [1.29, 1.82) is 0 Å². The molecule has 0 amide bonds. The highest BCUT2D eigenvalue weighted by Crippen LogP contribution is 2.44. The van der Waals surface area contributed by atoms with Crippen molar-refractivity contribution in [3.8, 4) is 11.4 Å². The fourth-order valence-corrected chi connectivity index (χ4v) is 5.56. The van der Waals surface area contributed by atoms with E-state index in [-0.39, 0.29) is 23.8 Å². The quantitative estimate of drug-likeness (QED) is 0.280. The number of aryl methyl sites for hydroxylation is 1. The molecule has 1 aliphatic heterocycles. The highest BCUT2D eigenvalue weighted by molar-refractivity contribution is 7.80. The Morgan fingerprint density at radius 2 is 1.76 bits per heavy atom. The number of hydrogen-bond donors (Lipinski definition) is 2. The molecule has 5 rings (SSSR count). The summed E-state index contributed by atoms with van der Waals surface area (Å²) in [6.45, 7) is 8.02. The van der Waals surface area contributed by atoms with Gasteiger partial charge in [0.05, 0.1) is 35.1 Å². The lowest BCUT2D eigenvalue weighted by molar-refractivity contribution is 0.0697. The van der Waals surface area contributed by atoms with Gasteiger partial charge in [0.2, 0.25) is 0 Å². The molecule has 0 spiro atoms. The number of pyridine rings is 1. The minimum absolute atomic E-state index is 0.0794. The molecule has 0 bridgehead atoms. The van der Waals surface area contributed by atoms with Crippen molar-refractivity contribution in [2.24, 2.45) is 0 Å². The average Bonchev–Trinajstić information content (AvgIpc) is 3.39. The van der Waals surface area contributed by atoms with E-state index in [4.69, 9.17) is 17.0 Å². The van der Waals surface area contributed by atoms with Gasteiger partial charge in [-0.3, -0.25) is 4.98 Å². The number of carbonyl (C=O) groups is 1. The number of aromatic carboxylic acids is 1. The highest BCUT2D eigenvalue weighted by Gasteiger charge is 2.42. The molecular weight excluding hydrogens is 496 g/mol. The van der Waals surface area contributed by atoms with Gasteiger partial charge in [-0.25, -0.2) is 4.79 Å². The van der Waals surface area contributed by atoms with Gasteiger partial charge in [-0.05, 0) is 100 Å². The third-order valence-electron chi connectivity index (χ3n) is 6.75. The van der Waals surface area contributed by atoms with Gasteiger partial charge in [0, 0.05) is 23.3 Å². The van der Waals surface area contributed by atoms with Crippen LogP contribution in [-0.4, -0.2) is 31.8 Å². The maximum Gasteiger partial charge on any atom is 0.337 e. The normalized spacial score (nSPS) is 17.1. The van der Waals surface area contributed by atoms with Crippen LogP contribution in [0.1, 0.15) is 58.9 Å². The number of para-hydroxylation sites is 1. The van der Waals surface area contributed by atoms with E-state index < -0.39 is 5.97 Å². The maximum atomic E-state index is 12.0. The second-order valence-corrected chi connectivity index (χ2v) is 10.0. The van der Waals surface area contributed by atoms with Gasteiger partial charge < -0.3 is 24.6 Å². The van der Waals surface area contributed by atoms with Crippen LogP contribution in [0.2, 0.25) is 0 Å².